The van der Waals surface area contributed by atoms with Crippen molar-refractivity contribution in [3.8, 4) is 5.75 Å². The zero-order chi connectivity index (χ0) is 16.8. The summed E-state index contributed by atoms with van der Waals surface area (Å²) in [6.45, 7) is 6.17. The third-order valence-corrected chi connectivity index (χ3v) is 3.44. The molecule has 124 valence electrons. The van der Waals surface area contributed by atoms with Crippen molar-refractivity contribution in [1.82, 2.24) is 10.3 Å². The van der Waals surface area contributed by atoms with Crippen LogP contribution in [-0.2, 0) is 0 Å². The van der Waals surface area contributed by atoms with Gasteiger partial charge in [0.25, 0.3) is 5.91 Å². The van der Waals surface area contributed by atoms with Gasteiger partial charge in [-0.2, -0.15) is 0 Å². The number of H-pyrrole nitrogens is 1. The van der Waals surface area contributed by atoms with Gasteiger partial charge in [0.15, 0.2) is 5.43 Å². The number of fused-ring (bicyclic) bond motifs is 1. The molecule has 23 heavy (non-hydrogen) atoms. The number of hydrogen-bond donors (Lipinski definition) is 3. The minimum Gasteiger partial charge on any atom is -0.490 e. The summed E-state index contributed by atoms with van der Waals surface area (Å²) in [4.78, 5) is 26.0. The molecule has 0 radical (unpaired) electrons. The van der Waals surface area contributed by atoms with Gasteiger partial charge in [0, 0.05) is 17.6 Å². The van der Waals surface area contributed by atoms with E-state index in [4.69, 9.17) is 10.5 Å². The lowest BCUT2D eigenvalue weighted by atomic mass is 10.1. The molecule has 0 unspecified atom stereocenters. The summed E-state index contributed by atoms with van der Waals surface area (Å²) in [5, 5.41) is 3.69. The van der Waals surface area contributed by atoms with Crippen LogP contribution in [0.2, 0.25) is 0 Å². The van der Waals surface area contributed by atoms with Crippen LogP contribution in [0.15, 0.2) is 29.2 Å². The second-order valence-electron chi connectivity index (χ2n) is 5.72. The van der Waals surface area contributed by atoms with Gasteiger partial charge in [-0.15, -0.1) is 0 Å². The Balaban J connectivity index is 0.000000326. The number of carbonyl (C=O) groups is 1. The molecule has 1 aromatic carbocycles. The topological polar surface area (TPSA) is 97.2 Å². The van der Waals surface area contributed by atoms with Gasteiger partial charge >= 0.3 is 0 Å². The molecule has 0 saturated carbocycles. The van der Waals surface area contributed by atoms with Gasteiger partial charge in [-0.25, -0.2) is 0 Å². The van der Waals surface area contributed by atoms with E-state index in [1.54, 1.807) is 6.07 Å². The number of pyridine rings is 1. The normalized spacial score (nSPS) is 13.7. The molecule has 0 bridgehead atoms. The fourth-order valence-electron chi connectivity index (χ4n) is 2.37. The molecule has 0 aliphatic carbocycles. The molecule has 4 N–H and O–H groups in total. The number of ether oxygens (including phenoxy) is 1. The number of carbonyl (C=O) groups excluding carboxylic acids is 1. The third kappa shape index (κ3) is 4.56. The lowest BCUT2D eigenvalue weighted by Gasteiger charge is -2.13. The van der Waals surface area contributed by atoms with Crippen molar-refractivity contribution < 1.29 is 9.53 Å². The molecule has 3 rings (SSSR count). The molecule has 2 aromatic rings. The predicted molar refractivity (Wildman–Crippen MR) is 91.0 cm³/mol. The zero-order valence-electron chi connectivity index (χ0n) is 13.5. The largest absolute Gasteiger partial charge is 0.490 e. The number of nitrogens with two attached hydrogens (primary N) is 1. The van der Waals surface area contributed by atoms with Crippen LogP contribution in [0.3, 0.4) is 0 Å². The van der Waals surface area contributed by atoms with Crippen molar-refractivity contribution >= 4 is 16.8 Å². The SMILES string of the molecule is C1CCNC1.CC(C)Oc1cc2c(=O)cc[nH]c2cc1C(N)=O. The van der Waals surface area contributed by atoms with E-state index < -0.39 is 5.91 Å². The van der Waals surface area contributed by atoms with Crippen LogP contribution < -0.4 is 21.2 Å². The van der Waals surface area contributed by atoms with Gasteiger partial charge in [0.05, 0.1) is 17.2 Å². The maximum Gasteiger partial charge on any atom is 0.252 e. The molecule has 1 aliphatic rings. The fraction of sp³-hybridized carbons (Fsp3) is 0.412. The van der Waals surface area contributed by atoms with Crippen LogP contribution >= 0.6 is 0 Å². The number of amides is 1. The predicted octanol–water partition coefficient (Wildman–Crippen LogP) is 1.78. The number of rotatable bonds is 3. The van der Waals surface area contributed by atoms with Crippen LogP contribution in [-0.4, -0.2) is 30.1 Å². The number of aromatic nitrogens is 1. The molecule has 1 fully saturated rings. The highest BCUT2D eigenvalue weighted by Crippen LogP contribution is 2.24. The van der Waals surface area contributed by atoms with Crippen LogP contribution in [0.1, 0.15) is 37.0 Å². The number of nitrogens with one attached hydrogen (secondary N) is 2. The van der Waals surface area contributed by atoms with Crippen molar-refractivity contribution in [2.45, 2.75) is 32.8 Å². The second-order valence-corrected chi connectivity index (χ2v) is 5.72. The summed E-state index contributed by atoms with van der Waals surface area (Å²) in [5.74, 6) is -0.251. The summed E-state index contributed by atoms with van der Waals surface area (Å²) in [6, 6.07) is 4.51. The maximum atomic E-state index is 11.7. The number of aromatic amines is 1. The Labute approximate surface area is 135 Å². The van der Waals surface area contributed by atoms with E-state index in [0.29, 0.717) is 16.7 Å². The Morgan fingerprint density at radius 3 is 2.48 bits per heavy atom. The average molecular weight is 317 g/mol. The summed E-state index contributed by atoms with van der Waals surface area (Å²) >= 11 is 0. The van der Waals surface area contributed by atoms with Crippen molar-refractivity contribution in [1.29, 1.82) is 0 Å². The highest BCUT2D eigenvalue weighted by atomic mass is 16.5. The Morgan fingerprint density at radius 1 is 1.26 bits per heavy atom. The Morgan fingerprint density at radius 2 is 1.96 bits per heavy atom. The third-order valence-electron chi connectivity index (χ3n) is 3.44. The van der Waals surface area contributed by atoms with Gasteiger partial charge < -0.3 is 20.8 Å². The van der Waals surface area contributed by atoms with Gasteiger partial charge in [-0.05, 0) is 51.9 Å². The lowest BCUT2D eigenvalue weighted by Crippen LogP contribution is -2.16. The van der Waals surface area contributed by atoms with Crippen molar-refractivity contribution in [3.63, 3.8) is 0 Å². The summed E-state index contributed by atoms with van der Waals surface area (Å²) < 4.78 is 5.52. The Hall–Kier alpha value is -2.34. The first-order valence-electron chi connectivity index (χ1n) is 7.81. The van der Waals surface area contributed by atoms with Crippen LogP contribution in [0.25, 0.3) is 10.9 Å². The van der Waals surface area contributed by atoms with E-state index in [9.17, 15) is 9.59 Å². The molecule has 1 aromatic heterocycles. The van der Waals surface area contributed by atoms with Gasteiger partial charge in [0.1, 0.15) is 5.75 Å². The van der Waals surface area contributed by atoms with Crippen molar-refractivity contribution in [3.05, 3.63) is 40.2 Å². The van der Waals surface area contributed by atoms with E-state index in [1.165, 1.54) is 44.3 Å². The van der Waals surface area contributed by atoms with Crippen molar-refractivity contribution in [2.24, 2.45) is 5.73 Å². The van der Waals surface area contributed by atoms with E-state index in [0.717, 1.165) is 0 Å². The molecule has 0 spiro atoms. The first kappa shape index (κ1) is 17.0. The quantitative estimate of drug-likeness (QED) is 0.804. The zero-order valence-corrected chi connectivity index (χ0v) is 13.5. The number of primary amides is 1. The van der Waals surface area contributed by atoms with Crippen LogP contribution in [0.4, 0.5) is 0 Å². The van der Waals surface area contributed by atoms with Crippen LogP contribution in [0.5, 0.6) is 5.75 Å². The monoisotopic (exact) mass is 317 g/mol. The standard InChI is InChI=1S/C13H14N2O3.C4H9N/c1-7(2)18-12-6-8-10(5-9(12)13(14)17)15-4-3-11(8)16;1-2-4-5-3-1/h3-7H,1-2H3,(H2,14,17)(H,15,16);5H,1-4H2. The Kier molecular flexibility index (Phi) is 5.76. The average Bonchev–Trinajstić information content (AvgIpc) is 3.06. The molecule has 6 heteroatoms. The molecule has 2 heterocycles. The summed E-state index contributed by atoms with van der Waals surface area (Å²) in [6.07, 6.45) is 4.20. The molecular formula is C17H23N3O3. The second kappa shape index (κ2) is 7.78. The smallest absolute Gasteiger partial charge is 0.252 e. The van der Waals surface area contributed by atoms with Gasteiger partial charge in [0.2, 0.25) is 0 Å². The van der Waals surface area contributed by atoms with Crippen LogP contribution in [0, 0.1) is 0 Å². The minimum absolute atomic E-state index is 0.108. The molecule has 6 nitrogen and oxygen atoms in total. The molecule has 1 amide bonds. The van der Waals surface area contributed by atoms with E-state index in [1.807, 2.05) is 13.8 Å². The molecular weight excluding hydrogens is 294 g/mol. The first-order valence-corrected chi connectivity index (χ1v) is 7.81. The number of benzene rings is 1. The van der Waals surface area contributed by atoms with Gasteiger partial charge in [-0.1, -0.05) is 0 Å². The maximum absolute atomic E-state index is 11.7. The summed E-state index contributed by atoms with van der Waals surface area (Å²) in [7, 11) is 0. The molecule has 0 atom stereocenters. The highest BCUT2D eigenvalue weighted by molar-refractivity contribution is 5.99. The van der Waals surface area contributed by atoms with E-state index in [-0.39, 0.29) is 17.1 Å². The van der Waals surface area contributed by atoms with Gasteiger partial charge in [-0.3, -0.25) is 9.59 Å². The summed E-state index contributed by atoms with van der Waals surface area (Å²) in [5.41, 5.74) is 6.00. The minimum atomic E-state index is -0.586. The van der Waals surface area contributed by atoms with E-state index >= 15 is 0 Å². The first-order chi connectivity index (χ1) is 11.0. The van der Waals surface area contributed by atoms with Crippen molar-refractivity contribution in [2.75, 3.05) is 13.1 Å². The number of hydrogen-bond acceptors (Lipinski definition) is 4. The molecule has 1 aliphatic heterocycles. The van der Waals surface area contributed by atoms with E-state index in [2.05, 4.69) is 10.3 Å². The highest BCUT2D eigenvalue weighted by Gasteiger charge is 2.13. The Bertz CT molecular complexity index is 726. The fourth-order valence-corrected chi connectivity index (χ4v) is 2.37. The molecule has 1 saturated heterocycles. The lowest BCUT2D eigenvalue weighted by molar-refractivity contribution is 0.0995.